The number of piperazine rings is 1. The van der Waals surface area contributed by atoms with Crippen molar-refractivity contribution < 1.29 is 18.1 Å². The molecule has 0 spiro atoms. The lowest BCUT2D eigenvalue weighted by Gasteiger charge is -2.34. The summed E-state index contributed by atoms with van der Waals surface area (Å²) in [5.74, 6) is -0.0995. The standard InChI is InChI=1S/C18H21N3O5S2/c1-12-10-15(21(23)24)11-17(14(12)3)28(25,26)20-8-6-19(7-9-20)18(22)16-5-4-13(2)27-16/h4-5,10-11H,6-9H2,1-3H3. The van der Waals surface area contributed by atoms with Crippen LogP contribution in [0, 0.1) is 30.9 Å². The van der Waals surface area contributed by atoms with E-state index in [-0.39, 0.29) is 42.7 Å². The molecule has 0 atom stereocenters. The minimum absolute atomic E-state index is 0.0483. The molecule has 0 N–H and O–H groups in total. The first-order chi connectivity index (χ1) is 13.1. The third kappa shape index (κ3) is 3.80. The van der Waals surface area contributed by atoms with E-state index in [0.717, 1.165) is 10.9 Å². The molecule has 1 aromatic carbocycles. The number of carbonyl (C=O) groups is 1. The lowest BCUT2D eigenvalue weighted by Crippen LogP contribution is -2.50. The van der Waals surface area contributed by atoms with E-state index in [1.807, 2.05) is 13.0 Å². The topological polar surface area (TPSA) is 101 Å². The zero-order valence-corrected chi connectivity index (χ0v) is 17.5. The molecule has 150 valence electrons. The van der Waals surface area contributed by atoms with Crippen molar-refractivity contribution in [3.8, 4) is 0 Å². The van der Waals surface area contributed by atoms with Crippen molar-refractivity contribution in [3.05, 3.63) is 55.3 Å². The second kappa shape index (κ2) is 7.61. The van der Waals surface area contributed by atoms with E-state index in [1.54, 1.807) is 24.8 Å². The molecule has 1 fully saturated rings. The number of thiophene rings is 1. The molecule has 2 aromatic rings. The number of benzene rings is 1. The van der Waals surface area contributed by atoms with Gasteiger partial charge in [-0.25, -0.2) is 8.42 Å². The zero-order chi connectivity index (χ0) is 20.6. The van der Waals surface area contributed by atoms with E-state index in [2.05, 4.69) is 0 Å². The van der Waals surface area contributed by atoms with Gasteiger partial charge in [-0.1, -0.05) is 0 Å². The monoisotopic (exact) mass is 423 g/mol. The minimum atomic E-state index is -3.89. The summed E-state index contributed by atoms with van der Waals surface area (Å²) in [7, 11) is -3.89. The van der Waals surface area contributed by atoms with Crippen LogP contribution in [-0.4, -0.2) is 54.6 Å². The molecule has 0 unspecified atom stereocenters. The van der Waals surface area contributed by atoms with Crippen LogP contribution in [0.3, 0.4) is 0 Å². The molecule has 1 aromatic heterocycles. The number of aryl methyl sites for hydroxylation is 2. The fourth-order valence-corrected chi connectivity index (χ4v) is 5.73. The average molecular weight is 424 g/mol. The molecule has 1 amide bonds. The lowest BCUT2D eigenvalue weighted by molar-refractivity contribution is -0.385. The summed E-state index contributed by atoms with van der Waals surface area (Å²) >= 11 is 1.41. The van der Waals surface area contributed by atoms with Crippen LogP contribution in [0.2, 0.25) is 0 Å². The van der Waals surface area contributed by atoms with Gasteiger partial charge in [-0.05, 0) is 44.0 Å². The van der Waals surface area contributed by atoms with Gasteiger partial charge in [0.05, 0.1) is 14.7 Å². The van der Waals surface area contributed by atoms with Crippen molar-refractivity contribution in [2.24, 2.45) is 0 Å². The van der Waals surface area contributed by atoms with Crippen molar-refractivity contribution in [3.63, 3.8) is 0 Å². The second-order valence-corrected chi connectivity index (χ2v) is 9.94. The maximum atomic E-state index is 13.1. The highest BCUT2D eigenvalue weighted by atomic mass is 32.2. The molecule has 0 radical (unpaired) electrons. The van der Waals surface area contributed by atoms with Crippen molar-refractivity contribution in [1.29, 1.82) is 0 Å². The molecule has 3 rings (SSSR count). The van der Waals surface area contributed by atoms with Gasteiger partial charge in [0, 0.05) is 43.2 Å². The van der Waals surface area contributed by atoms with Crippen LogP contribution in [0.15, 0.2) is 29.2 Å². The quantitative estimate of drug-likeness (QED) is 0.556. The second-order valence-electron chi connectivity index (χ2n) is 6.75. The first-order valence-corrected chi connectivity index (χ1v) is 11.0. The molecule has 8 nitrogen and oxygen atoms in total. The number of hydrogen-bond acceptors (Lipinski definition) is 6. The molecular weight excluding hydrogens is 402 g/mol. The van der Waals surface area contributed by atoms with Gasteiger partial charge < -0.3 is 4.90 Å². The van der Waals surface area contributed by atoms with Crippen LogP contribution in [0.5, 0.6) is 0 Å². The number of sulfonamides is 1. The molecule has 1 aliphatic rings. The Morgan fingerprint density at radius 1 is 1.11 bits per heavy atom. The molecule has 28 heavy (non-hydrogen) atoms. The number of hydrogen-bond donors (Lipinski definition) is 0. The number of non-ortho nitro benzene ring substituents is 1. The van der Waals surface area contributed by atoms with Crippen LogP contribution in [0.1, 0.15) is 25.7 Å². The van der Waals surface area contributed by atoms with Crippen LogP contribution in [0.25, 0.3) is 0 Å². The van der Waals surface area contributed by atoms with E-state index in [4.69, 9.17) is 0 Å². The summed E-state index contributed by atoms with van der Waals surface area (Å²) in [6, 6.07) is 6.14. The predicted molar refractivity (Wildman–Crippen MR) is 106 cm³/mol. The van der Waals surface area contributed by atoms with Crippen LogP contribution < -0.4 is 0 Å². The van der Waals surface area contributed by atoms with Crippen molar-refractivity contribution >= 4 is 33.0 Å². The molecule has 2 heterocycles. The average Bonchev–Trinajstić information content (AvgIpc) is 3.09. The number of nitro benzene ring substituents is 1. The van der Waals surface area contributed by atoms with Crippen molar-refractivity contribution in [2.75, 3.05) is 26.2 Å². The number of carbonyl (C=O) groups excluding carboxylic acids is 1. The van der Waals surface area contributed by atoms with Gasteiger partial charge in [0.15, 0.2) is 0 Å². The van der Waals surface area contributed by atoms with E-state index >= 15 is 0 Å². The normalized spacial score (nSPS) is 15.6. The van der Waals surface area contributed by atoms with E-state index in [1.165, 1.54) is 21.7 Å². The molecule has 0 saturated carbocycles. The summed E-state index contributed by atoms with van der Waals surface area (Å²) in [6.07, 6.45) is 0. The molecule has 10 heteroatoms. The number of nitrogens with zero attached hydrogens (tertiary/aromatic N) is 3. The molecule has 1 saturated heterocycles. The van der Waals surface area contributed by atoms with Gasteiger partial charge in [-0.2, -0.15) is 4.31 Å². The number of rotatable bonds is 4. The third-order valence-electron chi connectivity index (χ3n) is 4.91. The summed E-state index contributed by atoms with van der Waals surface area (Å²) < 4.78 is 27.5. The third-order valence-corrected chi connectivity index (χ3v) is 7.92. The van der Waals surface area contributed by atoms with Crippen LogP contribution >= 0.6 is 11.3 Å². The highest BCUT2D eigenvalue weighted by Crippen LogP contribution is 2.28. The Labute approximate surface area is 167 Å². The van der Waals surface area contributed by atoms with Crippen LogP contribution in [-0.2, 0) is 10.0 Å². The van der Waals surface area contributed by atoms with E-state index in [9.17, 15) is 23.3 Å². The van der Waals surface area contributed by atoms with Gasteiger partial charge in [-0.15, -0.1) is 11.3 Å². The number of amides is 1. The zero-order valence-electron chi connectivity index (χ0n) is 15.8. The maximum absolute atomic E-state index is 13.1. The summed E-state index contributed by atoms with van der Waals surface area (Å²) in [5, 5.41) is 11.1. The number of nitro groups is 1. The first kappa shape index (κ1) is 20.4. The maximum Gasteiger partial charge on any atom is 0.271 e. The lowest BCUT2D eigenvalue weighted by atomic mass is 10.1. The Kier molecular flexibility index (Phi) is 5.55. The Hall–Kier alpha value is -2.30. The van der Waals surface area contributed by atoms with Gasteiger partial charge in [-0.3, -0.25) is 14.9 Å². The highest BCUT2D eigenvalue weighted by Gasteiger charge is 2.33. The SMILES string of the molecule is Cc1ccc(C(=O)N2CCN(S(=O)(=O)c3cc([N+](=O)[O-])cc(C)c3C)CC2)s1. The first-order valence-electron chi connectivity index (χ1n) is 8.73. The Bertz CT molecular complexity index is 1040. The highest BCUT2D eigenvalue weighted by molar-refractivity contribution is 7.89. The summed E-state index contributed by atoms with van der Waals surface area (Å²) in [6.45, 7) is 6.09. The fourth-order valence-electron chi connectivity index (χ4n) is 3.16. The summed E-state index contributed by atoms with van der Waals surface area (Å²) in [5.41, 5.74) is 0.802. The summed E-state index contributed by atoms with van der Waals surface area (Å²) in [4.78, 5) is 26.4. The Morgan fingerprint density at radius 3 is 2.29 bits per heavy atom. The molecule has 0 aliphatic carbocycles. The van der Waals surface area contributed by atoms with E-state index < -0.39 is 14.9 Å². The fraction of sp³-hybridized carbons (Fsp3) is 0.389. The minimum Gasteiger partial charge on any atom is -0.335 e. The van der Waals surface area contributed by atoms with Gasteiger partial charge in [0.1, 0.15) is 0 Å². The van der Waals surface area contributed by atoms with Gasteiger partial charge in [0.25, 0.3) is 11.6 Å². The smallest absolute Gasteiger partial charge is 0.271 e. The van der Waals surface area contributed by atoms with E-state index in [0.29, 0.717) is 16.0 Å². The van der Waals surface area contributed by atoms with Crippen LogP contribution in [0.4, 0.5) is 5.69 Å². The largest absolute Gasteiger partial charge is 0.335 e. The van der Waals surface area contributed by atoms with Gasteiger partial charge in [0.2, 0.25) is 10.0 Å². The molecular formula is C18H21N3O5S2. The molecule has 1 aliphatic heterocycles. The van der Waals surface area contributed by atoms with Gasteiger partial charge >= 0.3 is 0 Å². The van der Waals surface area contributed by atoms with Crippen molar-refractivity contribution in [1.82, 2.24) is 9.21 Å². The Balaban J connectivity index is 1.80. The molecule has 0 bridgehead atoms. The van der Waals surface area contributed by atoms with Crippen molar-refractivity contribution in [2.45, 2.75) is 25.7 Å². The predicted octanol–water partition coefficient (Wildman–Crippen LogP) is 2.73. The Morgan fingerprint density at radius 2 is 1.75 bits per heavy atom.